The average molecular weight is 405 g/mol. The van der Waals surface area contributed by atoms with Crippen molar-refractivity contribution in [3.05, 3.63) is 59.7 Å². The van der Waals surface area contributed by atoms with Gasteiger partial charge in [0.2, 0.25) is 0 Å². The molecule has 2 atom stereocenters. The molecular weight excluding hydrogens is 378 g/mol. The normalized spacial score (nSPS) is 23.0. The van der Waals surface area contributed by atoms with Crippen LogP contribution in [0.2, 0.25) is 0 Å². The highest BCUT2D eigenvalue weighted by molar-refractivity contribution is 5.79. The molecule has 1 saturated heterocycles. The second kappa shape index (κ2) is 7.78. The van der Waals surface area contributed by atoms with Gasteiger partial charge in [0.25, 0.3) is 0 Å². The van der Waals surface area contributed by atoms with Crippen LogP contribution in [-0.2, 0) is 9.53 Å². The zero-order valence-corrected chi connectivity index (χ0v) is 17.0. The molecular formula is C25H27NO4. The van der Waals surface area contributed by atoms with Crippen molar-refractivity contribution in [1.29, 1.82) is 0 Å². The smallest absolute Gasteiger partial charge is 0.409 e. The van der Waals surface area contributed by atoms with Crippen molar-refractivity contribution in [3.8, 4) is 11.1 Å². The van der Waals surface area contributed by atoms with E-state index >= 15 is 0 Å². The number of carbonyl (C=O) groups excluding carboxylic acids is 1. The third kappa shape index (κ3) is 3.57. The number of rotatable bonds is 5. The molecule has 5 heteroatoms. The highest BCUT2D eigenvalue weighted by atomic mass is 16.6. The van der Waals surface area contributed by atoms with Crippen LogP contribution in [0.15, 0.2) is 48.5 Å². The number of aliphatic carboxylic acids is 1. The Morgan fingerprint density at radius 1 is 0.967 bits per heavy atom. The lowest BCUT2D eigenvalue weighted by Crippen LogP contribution is -2.39. The first kappa shape index (κ1) is 19.2. The monoisotopic (exact) mass is 405 g/mol. The third-order valence-electron chi connectivity index (χ3n) is 7.08. The van der Waals surface area contributed by atoms with Crippen molar-refractivity contribution < 1.29 is 19.4 Å². The van der Waals surface area contributed by atoms with Gasteiger partial charge in [0.05, 0.1) is 5.92 Å². The summed E-state index contributed by atoms with van der Waals surface area (Å²) < 4.78 is 5.77. The van der Waals surface area contributed by atoms with Crippen LogP contribution in [0.3, 0.4) is 0 Å². The van der Waals surface area contributed by atoms with Gasteiger partial charge in [0.1, 0.15) is 6.61 Å². The van der Waals surface area contributed by atoms with Crippen LogP contribution in [0.1, 0.15) is 42.7 Å². The maximum absolute atomic E-state index is 12.7. The summed E-state index contributed by atoms with van der Waals surface area (Å²) in [5.41, 5.74) is 4.91. The van der Waals surface area contributed by atoms with Crippen LogP contribution in [0.4, 0.5) is 4.79 Å². The van der Waals surface area contributed by atoms with Gasteiger partial charge in [0, 0.05) is 19.0 Å². The van der Waals surface area contributed by atoms with E-state index in [2.05, 4.69) is 36.4 Å². The fourth-order valence-corrected chi connectivity index (χ4v) is 5.28. The van der Waals surface area contributed by atoms with Gasteiger partial charge in [-0.2, -0.15) is 0 Å². The van der Waals surface area contributed by atoms with Crippen LogP contribution in [0.25, 0.3) is 11.1 Å². The molecule has 3 aliphatic rings. The van der Waals surface area contributed by atoms with E-state index in [9.17, 15) is 9.59 Å². The highest BCUT2D eigenvalue weighted by Gasteiger charge is 2.44. The van der Waals surface area contributed by atoms with Gasteiger partial charge in [0.15, 0.2) is 0 Å². The van der Waals surface area contributed by atoms with Crippen LogP contribution >= 0.6 is 0 Å². The molecule has 0 radical (unpaired) electrons. The van der Waals surface area contributed by atoms with Crippen LogP contribution < -0.4 is 0 Å². The standard InChI is InChI=1S/C25H27NO4/c27-24(28)22-14-17(22)13-16-9-11-26(12-10-16)25(29)30-15-23-20-7-3-1-5-18(20)19-6-2-4-8-21(19)23/h1-8,16-17,22-23H,9-15H2,(H,27,28)/t17-,22-/m1/s1. The average Bonchev–Trinajstić information content (AvgIpc) is 3.47. The number of hydrogen-bond donors (Lipinski definition) is 1. The van der Waals surface area contributed by atoms with Crippen molar-refractivity contribution in [2.75, 3.05) is 19.7 Å². The van der Waals surface area contributed by atoms with Crippen LogP contribution in [-0.4, -0.2) is 41.8 Å². The molecule has 1 amide bonds. The first-order chi connectivity index (χ1) is 14.6. The minimum absolute atomic E-state index is 0.0849. The SMILES string of the molecule is O=C(O)[C@@H]1C[C@H]1CC1CCN(C(=O)OCC2c3ccccc3-c3ccccc32)CC1. The lowest BCUT2D eigenvalue weighted by Gasteiger charge is -2.31. The molecule has 2 aromatic rings. The molecule has 5 nitrogen and oxygen atoms in total. The number of likely N-dealkylation sites (tertiary alicyclic amines) is 1. The first-order valence-electron chi connectivity index (χ1n) is 10.9. The molecule has 1 saturated carbocycles. The number of carboxylic acids is 1. The van der Waals surface area contributed by atoms with Crippen LogP contribution in [0.5, 0.6) is 0 Å². The van der Waals surface area contributed by atoms with Crippen molar-refractivity contribution in [3.63, 3.8) is 0 Å². The zero-order valence-electron chi connectivity index (χ0n) is 17.0. The Morgan fingerprint density at radius 3 is 2.13 bits per heavy atom. The number of carbonyl (C=O) groups is 2. The molecule has 0 spiro atoms. The van der Waals surface area contributed by atoms with Gasteiger partial charge in [-0.15, -0.1) is 0 Å². The minimum atomic E-state index is -0.656. The summed E-state index contributed by atoms with van der Waals surface area (Å²) in [7, 11) is 0. The van der Waals surface area contributed by atoms with E-state index in [-0.39, 0.29) is 17.9 Å². The zero-order chi connectivity index (χ0) is 20.7. The van der Waals surface area contributed by atoms with E-state index in [0.29, 0.717) is 31.5 Å². The molecule has 0 aromatic heterocycles. The molecule has 156 valence electrons. The fraction of sp³-hybridized carbons (Fsp3) is 0.440. The van der Waals surface area contributed by atoms with Crippen molar-refractivity contribution in [2.24, 2.45) is 17.8 Å². The fourth-order valence-electron chi connectivity index (χ4n) is 5.28. The van der Waals surface area contributed by atoms with Crippen LogP contribution in [0, 0.1) is 17.8 Å². The summed E-state index contributed by atoms with van der Waals surface area (Å²) in [6.45, 7) is 1.76. The van der Waals surface area contributed by atoms with E-state index in [1.807, 2.05) is 17.0 Å². The Labute approximate surface area is 176 Å². The van der Waals surface area contributed by atoms with Gasteiger partial charge >= 0.3 is 12.1 Å². The largest absolute Gasteiger partial charge is 0.481 e. The number of nitrogens with zero attached hydrogens (tertiary/aromatic N) is 1. The molecule has 2 fully saturated rings. The van der Waals surface area contributed by atoms with E-state index in [1.165, 1.54) is 22.3 Å². The quantitative estimate of drug-likeness (QED) is 0.779. The number of hydrogen-bond acceptors (Lipinski definition) is 3. The highest BCUT2D eigenvalue weighted by Crippen LogP contribution is 2.46. The molecule has 5 rings (SSSR count). The topological polar surface area (TPSA) is 66.8 Å². The van der Waals surface area contributed by atoms with E-state index in [4.69, 9.17) is 9.84 Å². The summed E-state index contributed by atoms with van der Waals surface area (Å²) in [6, 6.07) is 16.7. The number of ether oxygens (including phenoxy) is 1. The molecule has 2 aliphatic carbocycles. The second-order valence-corrected chi connectivity index (χ2v) is 8.91. The number of amides is 1. The number of fused-ring (bicyclic) bond motifs is 3. The van der Waals surface area contributed by atoms with E-state index in [1.54, 1.807) is 0 Å². The van der Waals surface area contributed by atoms with Crippen molar-refractivity contribution in [1.82, 2.24) is 4.90 Å². The Bertz CT molecular complexity index is 918. The maximum atomic E-state index is 12.7. The van der Waals surface area contributed by atoms with Gasteiger partial charge in [-0.3, -0.25) is 4.79 Å². The summed E-state index contributed by atoms with van der Waals surface area (Å²) >= 11 is 0. The predicted molar refractivity (Wildman–Crippen MR) is 113 cm³/mol. The Hall–Kier alpha value is -2.82. The molecule has 0 unspecified atom stereocenters. The van der Waals surface area contributed by atoms with Gasteiger partial charge in [-0.05, 0) is 59.8 Å². The van der Waals surface area contributed by atoms with E-state index < -0.39 is 5.97 Å². The Morgan fingerprint density at radius 2 is 1.57 bits per heavy atom. The molecule has 1 aliphatic heterocycles. The number of benzene rings is 2. The molecule has 0 bridgehead atoms. The molecule has 1 N–H and O–H groups in total. The predicted octanol–water partition coefficient (Wildman–Crippen LogP) is 4.76. The lowest BCUT2D eigenvalue weighted by atomic mass is 9.91. The van der Waals surface area contributed by atoms with Gasteiger partial charge in [-0.1, -0.05) is 48.5 Å². The summed E-state index contributed by atoms with van der Waals surface area (Å²) in [5, 5.41) is 9.07. The molecule has 30 heavy (non-hydrogen) atoms. The number of piperidine rings is 1. The molecule has 1 heterocycles. The summed E-state index contributed by atoms with van der Waals surface area (Å²) in [5.74, 6) is 0.161. The number of carboxylic acid groups (broad SMARTS) is 1. The third-order valence-corrected chi connectivity index (χ3v) is 7.08. The molecule has 2 aromatic carbocycles. The van der Waals surface area contributed by atoms with Crippen molar-refractivity contribution >= 4 is 12.1 Å². The Balaban J connectivity index is 1.15. The second-order valence-electron chi connectivity index (χ2n) is 8.91. The lowest BCUT2D eigenvalue weighted by molar-refractivity contribution is -0.138. The first-order valence-corrected chi connectivity index (χ1v) is 10.9. The van der Waals surface area contributed by atoms with Crippen molar-refractivity contribution in [2.45, 2.75) is 31.6 Å². The minimum Gasteiger partial charge on any atom is -0.481 e. The van der Waals surface area contributed by atoms with E-state index in [0.717, 1.165) is 25.7 Å². The van der Waals surface area contributed by atoms with Gasteiger partial charge in [-0.25, -0.2) is 4.79 Å². The summed E-state index contributed by atoms with van der Waals surface area (Å²) in [6.07, 6.45) is 3.45. The Kier molecular flexibility index (Phi) is 4.97. The maximum Gasteiger partial charge on any atom is 0.409 e. The van der Waals surface area contributed by atoms with Gasteiger partial charge < -0.3 is 14.7 Å². The summed E-state index contributed by atoms with van der Waals surface area (Å²) in [4.78, 5) is 25.5.